The molecule has 1 aliphatic rings. The molecule has 1 aliphatic heterocycles. The second-order valence-corrected chi connectivity index (χ2v) is 9.31. The van der Waals surface area contributed by atoms with Gasteiger partial charge in [-0.2, -0.15) is 0 Å². The van der Waals surface area contributed by atoms with Gasteiger partial charge in [0, 0.05) is 36.7 Å². The number of rotatable bonds is 2. The van der Waals surface area contributed by atoms with Crippen molar-refractivity contribution in [1.82, 2.24) is 9.13 Å². The number of hydrogen-bond donors (Lipinski definition) is 1. The normalized spacial score (nSPS) is 15.3. The lowest BCUT2D eigenvalue weighted by atomic mass is 9.84. The first kappa shape index (κ1) is 22.2. The molecule has 0 spiro atoms. The van der Waals surface area contributed by atoms with Crippen molar-refractivity contribution in [3.63, 3.8) is 0 Å². The highest BCUT2D eigenvalue weighted by Crippen LogP contribution is 2.46. The summed E-state index contributed by atoms with van der Waals surface area (Å²) in [5, 5.41) is 11.3. The predicted molar refractivity (Wildman–Crippen MR) is 135 cm³/mol. The fourth-order valence-corrected chi connectivity index (χ4v) is 5.11. The van der Waals surface area contributed by atoms with E-state index in [1.165, 1.54) is 16.9 Å². The zero-order valence-electron chi connectivity index (χ0n) is 19.2. The number of fused-ring (bicyclic) bond motifs is 4. The number of benzene rings is 3. The molecule has 0 bridgehead atoms. The number of carbonyl (C=O) groups excluding carboxylic acids is 1. The molecule has 8 nitrogen and oxygen atoms in total. The van der Waals surface area contributed by atoms with Crippen LogP contribution in [-0.4, -0.2) is 20.2 Å². The Morgan fingerprint density at radius 1 is 0.972 bits per heavy atom. The number of imidazole rings is 1. The molecule has 1 unspecified atom stereocenters. The van der Waals surface area contributed by atoms with Crippen molar-refractivity contribution in [1.29, 1.82) is 0 Å². The topological polar surface area (TPSA) is 104 Å². The van der Waals surface area contributed by atoms with Crippen LogP contribution >= 0.6 is 11.6 Å². The molecule has 0 aliphatic carbocycles. The van der Waals surface area contributed by atoms with Crippen molar-refractivity contribution in [3.8, 4) is 22.6 Å². The van der Waals surface area contributed by atoms with Gasteiger partial charge in [0.25, 0.3) is 0 Å². The van der Waals surface area contributed by atoms with Gasteiger partial charge in [-0.1, -0.05) is 29.8 Å². The van der Waals surface area contributed by atoms with E-state index in [1.807, 2.05) is 18.2 Å². The van der Waals surface area contributed by atoms with E-state index in [-0.39, 0.29) is 40.1 Å². The molecule has 6 rings (SSSR count). The molecule has 3 aromatic carbocycles. The fourth-order valence-electron chi connectivity index (χ4n) is 4.99. The summed E-state index contributed by atoms with van der Waals surface area (Å²) in [5.41, 5.74) is 3.10. The smallest absolute Gasteiger partial charge is 0.328 e. The van der Waals surface area contributed by atoms with Crippen LogP contribution in [0.4, 0.5) is 0 Å². The third-order valence-electron chi connectivity index (χ3n) is 6.82. The summed E-state index contributed by atoms with van der Waals surface area (Å²) in [6.07, 6.45) is 1.34. The van der Waals surface area contributed by atoms with Gasteiger partial charge in [0.15, 0.2) is 0 Å². The van der Waals surface area contributed by atoms with Gasteiger partial charge in [0.05, 0.1) is 23.0 Å². The van der Waals surface area contributed by atoms with E-state index in [0.717, 1.165) is 11.1 Å². The standard InChI is InChI=1S/C27H19ClN2O6/c1-29-18-8-5-14(9-19(18)30(2)27(29)34)16-10-22(32)36-21-11-20(31)24-25(33)17(12-35-26(24)23(16)21)13-3-6-15(28)7-4-13/h3-9,11-12,16,31H,10H2,1-2H3. The first-order chi connectivity index (χ1) is 17.2. The van der Waals surface area contributed by atoms with Gasteiger partial charge in [0.2, 0.25) is 5.43 Å². The number of carbonyl (C=O) groups is 1. The molecule has 1 N–H and O–H groups in total. The minimum atomic E-state index is -0.520. The van der Waals surface area contributed by atoms with Crippen molar-refractivity contribution in [3.05, 3.63) is 91.7 Å². The minimum Gasteiger partial charge on any atom is -0.507 e. The number of nitrogens with zero attached hydrogens (tertiary/aromatic N) is 2. The zero-order chi connectivity index (χ0) is 25.3. The third kappa shape index (κ3) is 3.18. The summed E-state index contributed by atoms with van der Waals surface area (Å²) in [4.78, 5) is 38.4. The Bertz CT molecular complexity index is 1850. The van der Waals surface area contributed by atoms with Crippen LogP contribution in [-0.2, 0) is 18.9 Å². The minimum absolute atomic E-state index is 0.00179. The Hall–Kier alpha value is -4.30. The van der Waals surface area contributed by atoms with E-state index in [9.17, 15) is 19.5 Å². The quantitative estimate of drug-likeness (QED) is 0.282. The van der Waals surface area contributed by atoms with Crippen LogP contribution in [0.3, 0.4) is 0 Å². The molecule has 0 saturated heterocycles. The van der Waals surface area contributed by atoms with Crippen LogP contribution < -0.4 is 15.9 Å². The Morgan fingerprint density at radius 3 is 2.44 bits per heavy atom. The first-order valence-corrected chi connectivity index (χ1v) is 11.6. The average Bonchev–Trinajstić information content (AvgIpc) is 3.07. The van der Waals surface area contributed by atoms with E-state index in [0.29, 0.717) is 21.7 Å². The fraction of sp³-hybridized carbons (Fsp3) is 0.148. The van der Waals surface area contributed by atoms with Crippen LogP contribution in [0.1, 0.15) is 23.5 Å². The van der Waals surface area contributed by atoms with Crippen LogP contribution in [0.2, 0.25) is 5.02 Å². The number of ether oxygens (including phenoxy) is 1. The maximum Gasteiger partial charge on any atom is 0.328 e. The summed E-state index contributed by atoms with van der Waals surface area (Å²) < 4.78 is 14.5. The molecular formula is C27H19ClN2O6. The lowest BCUT2D eigenvalue weighted by molar-refractivity contribution is -0.135. The second-order valence-electron chi connectivity index (χ2n) is 8.88. The van der Waals surface area contributed by atoms with Gasteiger partial charge in [-0.25, -0.2) is 4.79 Å². The summed E-state index contributed by atoms with van der Waals surface area (Å²) in [7, 11) is 3.38. The van der Waals surface area contributed by atoms with Gasteiger partial charge >= 0.3 is 11.7 Å². The number of phenols is 1. The van der Waals surface area contributed by atoms with Crippen molar-refractivity contribution in [2.45, 2.75) is 12.3 Å². The highest BCUT2D eigenvalue weighted by molar-refractivity contribution is 6.30. The molecule has 5 aromatic rings. The van der Waals surface area contributed by atoms with Crippen molar-refractivity contribution < 1.29 is 19.1 Å². The molecule has 180 valence electrons. The molecule has 9 heteroatoms. The van der Waals surface area contributed by atoms with Gasteiger partial charge in [0.1, 0.15) is 28.7 Å². The number of hydrogen-bond acceptors (Lipinski definition) is 6. The van der Waals surface area contributed by atoms with E-state index in [1.54, 1.807) is 42.9 Å². The molecule has 0 radical (unpaired) electrons. The Balaban J connectivity index is 1.60. The largest absolute Gasteiger partial charge is 0.507 e. The van der Waals surface area contributed by atoms with E-state index in [2.05, 4.69) is 0 Å². The number of phenolic OH excluding ortho intramolecular Hbond substituents is 1. The van der Waals surface area contributed by atoms with Crippen LogP contribution in [0.5, 0.6) is 11.5 Å². The maximum absolute atomic E-state index is 13.5. The molecular weight excluding hydrogens is 484 g/mol. The highest BCUT2D eigenvalue weighted by atomic mass is 35.5. The van der Waals surface area contributed by atoms with Crippen molar-refractivity contribution >= 4 is 39.6 Å². The monoisotopic (exact) mass is 502 g/mol. The molecule has 2 aromatic heterocycles. The summed E-state index contributed by atoms with van der Waals surface area (Å²) in [5.74, 6) is -1.21. The molecule has 36 heavy (non-hydrogen) atoms. The number of esters is 1. The van der Waals surface area contributed by atoms with Crippen LogP contribution in [0, 0.1) is 0 Å². The Morgan fingerprint density at radius 2 is 1.69 bits per heavy atom. The summed E-state index contributed by atoms with van der Waals surface area (Å²) >= 11 is 5.98. The zero-order valence-corrected chi connectivity index (χ0v) is 20.0. The molecule has 1 atom stereocenters. The van der Waals surface area contributed by atoms with E-state index < -0.39 is 17.3 Å². The number of aryl methyl sites for hydroxylation is 2. The van der Waals surface area contributed by atoms with Crippen LogP contribution in [0.25, 0.3) is 33.1 Å². The summed E-state index contributed by atoms with van der Waals surface area (Å²) in [6, 6.07) is 13.5. The lowest BCUT2D eigenvalue weighted by Gasteiger charge is -2.26. The molecule has 0 amide bonds. The second kappa shape index (κ2) is 7.86. The van der Waals surface area contributed by atoms with Crippen LogP contribution in [0.15, 0.2) is 68.8 Å². The number of aromatic hydroxyl groups is 1. The lowest BCUT2D eigenvalue weighted by Crippen LogP contribution is -2.22. The van der Waals surface area contributed by atoms with Gasteiger partial charge in [-0.3, -0.25) is 18.7 Å². The number of aromatic nitrogens is 2. The van der Waals surface area contributed by atoms with Gasteiger partial charge in [-0.05, 0) is 35.4 Å². The molecule has 3 heterocycles. The SMILES string of the molecule is Cn1c(=O)n(C)c2cc(C3CC(=O)Oc4cc(O)c5c(=O)c(-c6ccc(Cl)cc6)coc5c43)ccc21. The van der Waals surface area contributed by atoms with E-state index >= 15 is 0 Å². The number of halogens is 1. The van der Waals surface area contributed by atoms with Gasteiger partial charge in [-0.15, -0.1) is 0 Å². The Labute approximate surface area is 208 Å². The maximum atomic E-state index is 13.5. The Kier molecular flexibility index (Phi) is 4.84. The molecule has 0 fully saturated rings. The molecule has 0 saturated carbocycles. The van der Waals surface area contributed by atoms with Crippen molar-refractivity contribution in [2.24, 2.45) is 14.1 Å². The van der Waals surface area contributed by atoms with E-state index in [4.69, 9.17) is 20.8 Å². The van der Waals surface area contributed by atoms with Crippen molar-refractivity contribution in [2.75, 3.05) is 0 Å². The highest BCUT2D eigenvalue weighted by Gasteiger charge is 2.34. The first-order valence-electron chi connectivity index (χ1n) is 11.2. The van der Waals surface area contributed by atoms with Gasteiger partial charge < -0.3 is 14.3 Å². The average molecular weight is 503 g/mol. The predicted octanol–water partition coefficient (Wildman–Crippen LogP) is 4.45. The third-order valence-corrected chi connectivity index (χ3v) is 7.08. The summed E-state index contributed by atoms with van der Waals surface area (Å²) in [6.45, 7) is 0.